The maximum Gasteiger partial charge on any atom is 0.408 e. The van der Waals surface area contributed by atoms with E-state index in [1.54, 1.807) is 41.5 Å². The molecule has 1 aliphatic rings. The van der Waals surface area contributed by atoms with E-state index >= 15 is 0 Å². The fourth-order valence-corrected chi connectivity index (χ4v) is 6.09. The van der Waals surface area contributed by atoms with Crippen LogP contribution in [0.2, 0.25) is 0 Å². The number of benzene rings is 3. The Bertz CT molecular complexity index is 1720. The van der Waals surface area contributed by atoms with Gasteiger partial charge in [0.1, 0.15) is 30.3 Å². The second kappa shape index (κ2) is 21.1. The van der Waals surface area contributed by atoms with Crippen LogP contribution < -0.4 is 16.0 Å². The van der Waals surface area contributed by atoms with E-state index in [2.05, 4.69) is 16.0 Å². The quantitative estimate of drug-likeness (QED) is 0.150. The molecule has 0 aromatic heterocycles. The van der Waals surface area contributed by atoms with Crippen LogP contribution in [-0.2, 0) is 57.9 Å². The maximum atomic E-state index is 14.1. The minimum atomic E-state index is -1.27. The first kappa shape index (κ1) is 43.5. The first-order valence-corrected chi connectivity index (χ1v) is 19.1. The molecule has 3 aromatic carbocycles. The highest BCUT2D eigenvalue weighted by molar-refractivity contribution is 5.95. The van der Waals surface area contributed by atoms with Crippen molar-refractivity contribution in [1.82, 2.24) is 20.9 Å². The lowest BCUT2D eigenvalue weighted by atomic mass is 10.0. The molecule has 56 heavy (non-hydrogen) atoms. The molecule has 0 radical (unpaired) electrons. The van der Waals surface area contributed by atoms with Gasteiger partial charge in [0.25, 0.3) is 0 Å². The van der Waals surface area contributed by atoms with E-state index < -0.39 is 65.7 Å². The molecule has 13 nitrogen and oxygen atoms in total. The number of carbonyl (C=O) groups excluding carboxylic acids is 5. The van der Waals surface area contributed by atoms with Gasteiger partial charge in [0.05, 0.1) is 25.9 Å². The molecule has 5 atom stereocenters. The van der Waals surface area contributed by atoms with Crippen LogP contribution in [-0.4, -0.2) is 83.7 Å². The topological polar surface area (TPSA) is 162 Å². The van der Waals surface area contributed by atoms with E-state index in [-0.39, 0.29) is 38.9 Å². The average molecular weight is 773 g/mol. The number of esters is 1. The second-order valence-corrected chi connectivity index (χ2v) is 15.2. The predicted molar refractivity (Wildman–Crippen MR) is 210 cm³/mol. The summed E-state index contributed by atoms with van der Waals surface area (Å²) in [4.78, 5) is 69.8. The summed E-state index contributed by atoms with van der Waals surface area (Å²) in [6, 6.07) is 23.5. The largest absolute Gasteiger partial charge is 0.459 e. The molecule has 0 bridgehead atoms. The van der Waals surface area contributed by atoms with Gasteiger partial charge in [-0.1, -0.05) is 105 Å². The van der Waals surface area contributed by atoms with Crippen LogP contribution in [0.4, 0.5) is 4.79 Å². The number of hydrogen-bond donors (Lipinski definition) is 3. The van der Waals surface area contributed by atoms with Crippen molar-refractivity contribution in [1.29, 1.82) is 0 Å². The van der Waals surface area contributed by atoms with Gasteiger partial charge in [-0.15, -0.1) is 0 Å². The van der Waals surface area contributed by atoms with Crippen molar-refractivity contribution < 1.29 is 42.9 Å². The van der Waals surface area contributed by atoms with Gasteiger partial charge in [-0.25, -0.2) is 9.59 Å². The molecule has 302 valence electrons. The molecule has 4 amide bonds. The summed E-state index contributed by atoms with van der Waals surface area (Å²) in [6.07, 6.45) is -0.700. The third kappa shape index (κ3) is 13.8. The molecule has 3 aromatic rings. The van der Waals surface area contributed by atoms with Gasteiger partial charge >= 0.3 is 12.1 Å². The fraction of sp³-hybridized carbons (Fsp3) is 0.465. The summed E-state index contributed by atoms with van der Waals surface area (Å²) >= 11 is 0. The Morgan fingerprint density at radius 1 is 0.732 bits per heavy atom. The highest BCUT2D eigenvalue weighted by atomic mass is 16.6. The van der Waals surface area contributed by atoms with Crippen molar-refractivity contribution >= 4 is 29.8 Å². The zero-order valence-electron chi connectivity index (χ0n) is 33.2. The number of carbonyl (C=O) groups is 5. The first-order chi connectivity index (χ1) is 26.7. The molecule has 1 heterocycles. The molecule has 1 fully saturated rings. The zero-order chi connectivity index (χ0) is 40.7. The van der Waals surface area contributed by atoms with Gasteiger partial charge in [0.2, 0.25) is 17.7 Å². The van der Waals surface area contributed by atoms with Crippen molar-refractivity contribution in [2.75, 3.05) is 13.2 Å². The summed E-state index contributed by atoms with van der Waals surface area (Å²) in [7, 11) is 0. The number of rotatable bonds is 18. The van der Waals surface area contributed by atoms with Crippen LogP contribution in [0.3, 0.4) is 0 Å². The van der Waals surface area contributed by atoms with Crippen LogP contribution in [0, 0.1) is 5.92 Å². The monoisotopic (exact) mass is 772 g/mol. The van der Waals surface area contributed by atoms with Crippen LogP contribution >= 0.6 is 0 Å². The number of ether oxygens (including phenoxy) is 4. The van der Waals surface area contributed by atoms with E-state index in [0.29, 0.717) is 12.8 Å². The number of nitrogens with one attached hydrogen (secondary N) is 3. The van der Waals surface area contributed by atoms with Gasteiger partial charge in [-0.05, 0) is 63.1 Å². The SMILES string of the molecule is CC(C)[C@H](NC(=O)OC(C)(C)C)C(=O)N1CCC[C@H]1C(=O)N[C@@H](COCc1ccccc1)C(=O)N[C@H](C(=O)OCc1ccccc1)[C@@H](C)OCc1ccccc1. The summed E-state index contributed by atoms with van der Waals surface area (Å²) in [5.41, 5.74) is 1.72. The highest BCUT2D eigenvalue weighted by Crippen LogP contribution is 2.21. The van der Waals surface area contributed by atoms with E-state index in [4.69, 9.17) is 18.9 Å². The molecule has 1 saturated heterocycles. The highest BCUT2D eigenvalue weighted by Gasteiger charge is 2.41. The van der Waals surface area contributed by atoms with E-state index in [0.717, 1.165) is 16.7 Å². The summed E-state index contributed by atoms with van der Waals surface area (Å²) in [5.74, 6) is -2.74. The molecule has 3 N–H and O–H groups in total. The molecule has 4 rings (SSSR count). The molecule has 0 saturated carbocycles. The minimum absolute atomic E-state index is 0.0243. The zero-order valence-corrected chi connectivity index (χ0v) is 33.2. The summed E-state index contributed by atoms with van der Waals surface area (Å²) < 4.78 is 23.0. The Kier molecular flexibility index (Phi) is 16.4. The van der Waals surface area contributed by atoms with Crippen LogP contribution in [0.5, 0.6) is 0 Å². The van der Waals surface area contributed by atoms with Gasteiger partial charge in [0, 0.05) is 6.54 Å². The molecule has 13 heteroatoms. The third-order valence-electron chi connectivity index (χ3n) is 9.07. The lowest BCUT2D eigenvalue weighted by Crippen LogP contribution is -2.60. The van der Waals surface area contributed by atoms with Crippen LogP contribution in [0.25, 0.3) is 0 Å². The molecular weight excluding hydrogens is 716 g/mol. The van der Waals surface area contributed by atoms with Crippen molar-refractivity contribution in [3.8, 4) is 0 Å². The number of nitrogens with zero attached hydrogens (tertiary/aromatic N) is 1. The molecule has 0 aliphatic carbocycles. The Balaban J connectivity index is 1.52. The van der Waals surface area contributed by atoms with Crippen molar-refractivity contribution in [2.24, 2.45) is 5.92 Å². The standard InChI is InChI=1S/C43H56N4O9/c1-29(2)36(46-42(52)56-43(4,5)6)40(50)47-24-16-23-35(47)39(49)44-34(28-53-25-31-17-10-7-11-18-31)38(48)45-37(30(3)54-26-32-19-12-8-13-20-32)41(51)55-27-33-21-14-9-15-22-33/h7-15,17-22,29-30,34-37H,16,23-28H2,1-6H3,(H,44,49)(H,45,48)(H,46,52)/t30-,34+,35+,36+,37+/m1/s1. The summed E-state index contributed by atoms with van der Waals surface area (Å²) in [6.45, 7) is 10.8. The van der Waals surface area contributed by atoms with Crippen LogP contribution in [0.1, 0.15) is 71.1 Å². The van der Waals surface area contributed by atoms with Gasteiger partial charge in [0.15, 0.2) is 6.04 Å². The number of likely N-dealkylation sites (tertiary alicyclic amines) is 1. The Labute approximate surface area is 329 Å². The lowest BCUT2D eigenvalue weighted by Gasteiger charge is -2.32. The minimum Gasteiger partial charge on any atom is -0.459 e. The normalized spacial score (nSPS) is 16.3. The molecule has 1 aliphatic heterocycles. The van der Waals surface area contributed by atoms with Crippen molar-refractivity contribution in [3.05, 3.63) is 108 Å². The van der Waals surface area contributed by atoms with Gasteiger partial charge in [-0.2, -0.15) is 0 Å². The first-order valence-electron chi connectivity index (χ1n) is 19.1. The number of alkyl carbamates (subject to hydrolysis) is 1. The van der Waals surface area contributed by atoms with E-state index in [1.807, 2.05) is 91.0 Å². The Morgan fingerprint density at radius 3 is 1.84 bits per heavy atom. The molecular formula is C43H56N4O9. The van der Waals surface area contributed by atoms with Crippen LogP contribution in [0.15, 0.2) is 91.0 Å². The van der Waals surface area contributed by atoms with Gasteiger partial charge < -0.3 is 39.8 Å². The van der Waals surface area contributed by atoms with E-state index in [1.165, 1.54) is 4.90 Å². The Hall–Kier alpha value is -5.27. The third-order valence-corrected chi connectivity index (χ3v) is 9.07. The smallest absolute Gasteiger partial charge is 0.408 e. The molecule has 0 spiro atoms. The molecule has 0 unspecified atom stereocenters. The van der Waals surface area contributed by atoms with E-state index in [9.17, 15) is 24.0 Å². The fourth-order valence-electron chi connectivity index (χ4n) is 6.09. The number of amides is 4. The predicted octanol–water partition coefficient (Wildman–Crippen LogP) is 5.06. The summed E-state index contributed by atoms with van der Waals surface area (Å²) in [5, 5.41) is 8.23. The van der Waals surface area contributed by atoms with Crippen molar-refractivity contribution in [2.45, 2.75) is 110 Å². The maximum absolute atomic E-state index is 14.1. The van der Waals surface area contributed by atoms with Crippen molar-refractivity contribution in [3.63, 3.8) is 0 Å². The second-order valence-electron chi connectivity index (χ2n) is 15.2. The lowest BCUT2D eigenvalue weighted by molar-refractivity contribution is -0.154. The Morgan fingerprint density at radius 2 is 1.29 bits per heavy atom. The number of hydrogen-bond acceptors (Lipinski definition) is 9. The van der Waals surface area contributed by atoms with Gasteiger partial charge in [-0.3, -0.25) is 14.4 Å². The average Bonchev–Trinajstić information content (AvgIpc) is 3.67.